The summed E-state index contributed by atoms with van der Waals surface area (Å²) in [6, 6.07) is 98.5. The Kier molecular flexibility index (Phi) is 9.62. The maximum atomic E-state index is 2.45. The van der Waals surface area contributed by atoms with Gasteiger partial charge in [-0.05, 0) is 162 Å². The lowest BCUT2D eigenvalue weighted by Crippen LogP contribution is -1.94. The van der Waals surface area contributed by atoms with Crippen LogP contribution >= 0.6 is 0 Å². The van der Waals surface area contributed by atoms with Crippen LogP contribution in [0.15, 0.2) is 267 Å². The molecule has 0 aliphatic carbocycles. The molecular weight excluding hydrogens is 817 g/mol. The van der Waals surface area contributed by atoms with Crippen LogP contribution in [0.3, 0.4) is 0 Å². The molecule has 0 saturated carbocycles. The van der Waals surface area contributed by atoms with Crippen LogP contribution < -0.4 is 0 Å². The second-order valence-electron chi connectivity index (χ2n) is 17.9. The highest BCUT2D eigenvalue weighted by molar-refractivity contribution is 6.24. The first-order valence-electron chi connectivity index (χ1n) is 23.6. The van der Waals surface area contributed by atoms with Gasteiger partial charge in [0.25, 0.3) is 0 Å². The first-order chi connectivity index (χ1) is 33.7. The molecule has 0 amide bonds. The third-order valence-electron chi connectivity index (χ3n) is 14.0. The highest BCUT2D eigenvalue weighted by atomic mass is 14.2. The van der Waals surface area contributed by atoms with E-state index in [9.17, 15) is 0 Å². The third-order valence-corrected chi connectivity index (χ3v) is 14.0. The summed E-state index contributed by atoms with van der Waals surface area (Å²) in [5, 5.41) is 12.4. The minimum absolute atomic E-state index is 1.18. The van der Waals surface area contributed by atoms with Gasteiger partial charge in [-0.2, -0.15) is 0 Å². The molecule has 13 rings (SSSR count). The fraction of sp³-hybridized carbons (Fsp3) is 0. The molecule has 0 fully saturated rings. The largest absolute Gasteiger partial charge is 0.0622 e. The maximum absolute atomic E-state index is 2.45. The van der Waals surface area contributed by atoms with Gasteiger partial charge in [0.1, 0.15) is 0 Å². The molecule has 0 aromatic heterocycles. The highest BCUT2D eigenvalue weighted by Gasteiger charge is 2.21. The van der Waals surface area contributed by atoms with Gasteiger partial charge in [-0.1, -0.05) is 237 Å². The van der Waals surface area contributed by atoms with Crippen LogP contribution in [0.4, 0.5) is 0 Å². The summed E-state index contributed by atoms with van der Waals surface area (Å²) < 4.78 is 0. The molecule has 0 nitrogen and oxygen atoms in total. The van der Waals surface area contributed by atoms with Crippen molar-refractivity contribution in [3.05, 3.63) is 267 Å². The molecule has 0 aliphatic rings. The van der Waals surface area contributed by atoms with Crippen LogP contribution in [-0.4, -0.2) is 0 Å². The van der Waals surface area contributed by atoms with E-state index in [1.165, 1.54) is 132 Å². The first-order valence-corrected chi connectivity index (χ1v) is 23.6. The molecule has 0 heteroatoms. The Morgan fingerprint density at radius 2 is 0.485 bits per heavy atom. The van der Waals surface area contributed by atoms with Gasteiger partial charge < -0.3 is 0 Å². The topological polar surface area (TPSA) is 0 Å². The Bertz CT molecular complexity index is 3980. The monoisotopic (exact) mass is 860 g/mol. The van der Waals surface area contributed by atoms with Crippen LogP contribution in [0, 0.1) is 0 Å². The van der Waals surface area contributed by atoms with E-state index in [0.29, 0.717) is 0 Å². The van der Waals surface area contributed by atoms with Crippen LogP contribution in [0.1, 0.15) is 0 Å². The smallest absolute Gasteiger partial charge is 0.00201 e. The normalized spacial score (nSPS) is 11.5. The van der Waals surface area contributed by atoms with Crippen molar-refractivity contribution in [2.75, 3.05) is 0 Å². The van der Waals surface area contributed by atoms with E-state index < -0.39 is 0 Å². The van der Waals surface area contributed by atoms with E-state index in [1.54, 1.807) is 0 Å². The highest BCUT2D eigenvalue weighted by Crippen LogP contribution is 2.49. The molecule has 0 spiro atoms. The number of rotatable bonds is 7. The minimum atomic E-state index is 1.18. The Labute approximate surface area is 396 Å². The first kappa shape index (κ1) is 39.5. The van der Waals surface area contributed by atoms with E-state index >= 15 is 0 Å². The van der Waals surface area contributed by atoms with Crippen molar-refractivity contribution in [1.29, 1.82) is 0 Å². The molecule has 13 aromatic rings. The summed E-state index contributed by atoms with van der Waals surface area (Å²) in [5.41, 5.74) is 17.1. The van der Waals surface area contributed by atoms with Gasteiger partial charge in [-0.3, -0.25) is 0 Å². The zero-order valence-electron chi connectivity index (χ0n) is 37.4. The van der Waals surface area contributed by atoms with Crippen LogP contribution in [-0.2, 0) is 0 Å². The van der Waals surface area contributed by atoms with Gasteiger partial charge in [-0.25, -0.2) is 0 Å². The summed E-state index contributed by atoms with van der Waals surface area (Å²) in [5.74, 6) is 0. The molecule has 0 radical (unpaired) electrons. The Morgan fingerprint density at radius 1 is 0.147 bits per heavy atom. The number of fused-ring (bicyclic) bond motifs is 6. The van der Waals surface area contributed by atoms with Crippen molar-refractivity contribution in [3.8, 4) is 77.9 Å². The molecule has 0 heterocycles. The molecule has 0 N–H and O–H groups in total. The van der Waals surface area contributed by atoms with Crippen LogP contribution in [0.2, 0.25) is 0 Å². The van der Waals surface area contributed by atoms with Gasteiger partial charge >= 0.3 is 0 Å². The SMILES string of the molecule is c1ccc(-c2cc3ccccc3cc2-c2ccc3c(c2)c(-c2ccccc2)c(-c2ccccc2)c2cc(-c4cccc(-c5c6ccccc6c(-c6ccccc6)c6ccccc56)c4)ccc23)cc1. The van der Waals surface area contributed by atoms with Crippen molar-refractivity contribution >= 4 is 53.9 Å². The molecule has 316 valence electrons. The average Bonchev–Trinajstić information content (AvgIpc) is 3.42. The zero-order chi connectivity index (χ0) is 45.0. The molecule has 68 heavy (non-hydrogen) atoms. The summed E-state index contributed by atoms with van der Waals surface area (Å²) >= 11 is 0. The molecule has 0 unspecified atom stereocenters. The quantitative estimate of drug-likeness (QED) is 0.111. The van der Waals surface area contributed by atoms with E-state index in [1.807, 2.05) is 0 Å². The summed E-state index contributed by atoms with van der Waals surface area (Å²) in [6.45, 7) is 0. The van der Waals surface area contributed by atoms with Crippen molar-refractivity contribution in [2.45, 2.75) is 0 Å². The molecule has 0 aliphatic heterocycles. The average molecular weight is 861 g/mol. The summed E-state index contributed by atoms with van der Waals surface area (Å²) in [4.78, 5) is 0. The predicted molar refractivity (Wildman–Crippen MR) is 292 cm³/mol. The predicted octanol–water partition coefficient (Wildman–Crippen LogP) is 19.1. The van der Waals surface area contributed by atoms with E-state index in [-0.39, 0.29) is 0 Å². The van der Waals surface area contributed by atoms with Crippen LogP contribution in [0.25, 0.3) is 132 Å². The lowest BCUT2D eigenvalue weighted by atomic mass is 9.82. The molecular formula is C68H44. The Morgan fingerprint density at radius 3 is 0.985 bits per heavy atom. The summed E-state index contributed by atoms with van der Waals surface area (Å²) in [6.07, 6.45) is 0. The minimum Gasteiger partial charge on any atom is -0.0622 e. The van der Waals surface area contributed by atoms with Gasteiger partial charge in [0.15, 0.2) is 0 Å². The van der Waals surface area contributed by atoms with E-state index in [2.05, 4.69) is 267 Å². The van der Waals surface area contributed by atoms with Crippen molar-refractivity contribution < 1.29 is 0 Å². The lowest BCUT2D eigenvalue weighted by Gasteiger charge is -2.21. The fourth-order valence-corrected chi connectivity index (χ4v) is 10.9. The molecule has 0 atom stereocenters. The third kappa shape index (κ3) is 6.69. The van der Waals surface area contributed by atoms with Gasteiger partial charge in [0.05, 0.1) is 0 Å². The number of benzene rings is 13. The number of hydrogen-bond donors (Lipinski definition) is 0. The second-order valence-corrected chi connectivity index (χ2v) is 17.9. The zero-order valence-corrected chi connectivity index (χ0v) is 37.4. The summed E-state index contributed by atoms with van der Waals surface area (Å²) in [7, 11) is 0. The molecule has 13 aromatic carbocycles. The van der Waals surface area contributed by atoms with Gasteiger partial charge in [-0.15, -0.1) is 0 Å². The Balaban J connectivity index is 1.05. The lowest BCUT2D eigenvalue weighted by molar-refractivity contribution is 1.60. The Hall–Kier alpha value is -8.84. The second kappa shape index (κ2) is 16.5. The van der Waals surface area contributed by atoms with Crippen molar-refractivity contribution in [3.63, 3.8) is 0 Å². The van der Waals surface area contributed by atoms with E-state index in [0.717, 1.165) is 0 Å². The van der Waals surface area contributed by atoms with Gasteiger partial charge in [0.2, 0.25) is 0 Å². The molecule has 0 saturated heterocycles. The van der Waals surface area contributed by atoms with Crippen molar-refractivity contribution in [1.82, 2.24) is 0 Å². The standard InChI is InChI=1S/C68H44/c1-5-20-45(21-6-1)61-41-50-28-13-14-29-51(50)42-62(61)53-37-39-56-55-38-36-52(43-63(55)67(47-24-9-3-10-25-47)68(64(56)44-53)48-26-11-4-12-27-48)49-30-19-31-54(40-49)66-59-34-17-15-32-57(59)65(46-22-7-2-8-23-46)58-33-16-18-35-60(58)66/h1-44H. The van der Waals surface area contributed by atoms with Crippen molar-refractivity contribution in [2.24, 2.45) is 0 Å². The fourth-order valence-electron chi connectivity index (χ4n) is 10.9. The van der Waals surface area contributed by atoms with Gasteiger partial charge in [0, 0.05) is 0 Å². The maximum Gasteiger partial charge on any atom is -0.00201 e. The number of hydrogen-bond acceptors (Lipinski definition) is 0. The van der Waals surface area contributed by atoms with Crippen LogP contribution in [0.5, 0.6) is 0 Å². The molecule has 0 bridgehead atoms. The van der Waals surface area contributed by atoms with E-state index in [4.69, 9.17) is 0 Å².